The molecule has 0 fully saturated rings. The summed E-state index contributed by atoms with van der Waals surface area (Å²) in [6.45, 7) is 6.43. The van der Waals surface area contributed by atoms with Gasteiger partial charge in [0.2, 0.25) is 8.32 Å². The maximum absolute atomic E-state index is 6.27. The maximum Gasteiger partial charge on any atom is 0.242 e. The average molecular weight is 240 g/mol. The number of nitrogens with one attached hydrogen (secondary N) is 1. The van der Waals surface area contributed by atoms with E-state index < -0.39 is 8.32 Å². The molecule has 80 valence electrons. The lowest BCUT2D eigenvalue weighted by molar-refractivity contribution is 0.559. The molecule has 2 rings (SSSR count). The highest BCUT2D eigenvalue weighted by molar-refractivity contribution is 6.70. The van der Waals surface area contributed by atoms with E-state index in [1.165, 1.54) is 0 Å². The summed E-state index contributed by atoms with van der Waals surface area (Å²) >= 11 is 6.27. The Morgan fingerprint density at radius 2 is 1.93 bits per heavy atom. The van der Waals surface area contributed by atoms with Gasteiger partial charge in [-0.05, 0) is 37.8 Å². The molecule has 0 aliphatic carbocycles. The predicted molar refractivity (Wildman–Crippen MR) is 67.3 cm³/mol. The van der Waals surface area contributed by atoms with Crippen LogP contribution >= 0.6 is 11.6 Å². The second-order valence-corrected chi connectivity index (χ2v) is 9.34. The molecule has 0 radical (unpaired) electrons. The fourth-order valence-electron chi connectivity index (χ4n) is 1.49. The topological polar surface area (TPSA) is 25.0 Å². The van der Waals surface area contributed by atoms with Crippen molar-refractivity contribution in [1.29, 1.82) is 0 Å². The Bertz CT molecular complexity index is 487. The van der Waals surface area contributed by atoms with E-state index in [9.17, 15) is 0 Å². The fourth-order valence-corrected chi connectivity index (χ4v) is 2.65. The summed E-state index contributed by atoms with van der Waals surface area (Å²) in [6.07, 6.45) is 1.88. The monoisotopic (exact) mass is 239 g/mol. The van der Waals surface area contributed by atoms with Gasteiger partial charge in [-0.2, -0.15) is 0 Å². The molecule has 2 nitrogen and oxygen atoms in total. The first kappa shape index (κ1) is 10.6. The van der Waals surface area contributed by atoms with Gasteiger partial charge in [0.1, 0.15) is 5.75 Å². The molecule has 1 aromatic heterocycles. The van der Waals surface area contributed by atoms with Crippen LogP contribution in [0, 0.1) is 0 Å². The summed E-state index contributed by atoms with van der Waals surface area (Å²) in [7, 11) is -1.59. The summed E-state index contributed by atoms with van der Waals surface area (Å²) < 4.78 is 5.90. The molecule has 0 amide bonds. The third-order valence-corrected chi connectivity index (χ3v) is 3.27. The minimum Gasteiger partial charge on any atom is -0.543 e. The van der Waals surface area contributed by atoms with Crippen LogP contribution in [0.5, 0.6) is 5.75 Å². The molecular weight excluding hydrogens is 226 g/mol. The molecule has 0 aliphatic rings. The minimum atomic E-state index is -1.59. The van der Waals surface area contributed by atoms with E-state index in [4.69, 9.17) is 16.0 Å². The lowest BCUT2D eigenvalue weighted by Gasteiger charge is -2.20. The van der Waals surface area contributed by atoms with Gasteiger partial charge in [0.15, 0.2) is 0 Å². The van der Waals surface area contributed by atoms with E-state index in [0.717, 1.165) is 16.7 Å². The highest BCUT2D eigenvalue weighted by Crippen LogP contribution is 2.33. The van der Waals surface area contributed by atoms with E-state index in [2.05, 4.69) is 24.6 Å². The smallest absolute Gasteiger partial charge is 0.242 e. The van der Waals surface area contributed by atoms with Crippen molar-refractivity contribution in [2.24, 2.45) is 0 Å². The number of aromatic amines is 1. The van der Waals surface area contributed by atoms with Gasteiger partial charge in [0, 0.05) is 17.1 Å². The summed E-state index contributed by atoms with van der Waals surface area (Å²) in [4.78, 5) is 3.12. The number of H-pyrrole nitrogens is 1. The van der Waals surface area contributed by atoms with Crippen LogP contribution in [0.25, 0.3) is 10.9 Å². The van der Waals surface area contributed by atoms with Gasteiger partial charge in [-0.15, -0.1) is 0 Å². The molecule has 0 unspecified atom stereocenters. The van der Waals surface area contributed by atoms with Crippen LogP contribution in [0.15, 0.2) is 24.4 Å². The molecule has 0 bridgehead atoms. The number of fused-ring (bicyclic) bond motifs is 1. The highest BCUT2D eigenvalue weighted by Gasteiger charge is 2.18. The largest absolute Gasteiger partial charge is 0.543 e. The van der Waals surface area contributed by atoms with Crippen molar-refractivity contribution in [3.8, 4) is 5.75 Å². The molecule has 0 saturated carbocycles. The Kier molecular flexibility index (Phi) is 2.52. The third kappa shape index (κ3) is 2.18. The number of rotatable bonds is 2. The second-order valence-electron chi connectivity index (χ2n) is 4.53. The first-order chi connectivity index (χ1) is 6.97. The number of hydrogen-bond acceptors (Lipinski definition) is 1. The molecule has 4 heteroatoms. The van der Waals surface area contributed by atoms with Gasteiger partial charge in [0.05, 0.1) is 5.02 Å². The normalized spacial score (nSPS) is 12.0. The molecule has 0 atom stereocenters. The van der Waals surface area contributed by atoms with E-state index in [0.29, 0.717) is 5.02 Å². The molecule has 0 spiro atoms. The van der Waals surface area contributed by atoms with E-state index in [-0.39, 0.29) is 0 Å². The van der Waals surface area contributed by atoms with Gasteiger partial charge in [-0.3, -0.25) is 0 Å². The zero-order valence-corrected chi connectivity index (χ0v) is 10.9. The Morgan fingerprint density at radius 1 is 1.20 bits per heavy atom. The zero-order chi connectivity index (χ0) is 11.1. The van der Waals surface area contributed by atoms with Gasteiger partial charge < -0.3 is 9.41 Å². The summed E-state index contributed by atoms with van der Waals surface area (Å²) in [5, 5.41) is 1.73. The SMILES string of the molecule is C[Si](C)(C)Oc1ccc2[nH]ccc2c1Cl. The van der Waals surface area contributed by atoms with Gasteiger partial charge in [-0.25, -0.2) is 0 Å². The second kappa shape index (κ2) is 3.58. The molecular formula is C11H14ClNOSi. The molecule has 0 saturated heterocycles. The van der Waals surface area contributed by atoms with Crippen molar-refractivity contribution in [2.45, 2.75) is 19.6 Å². The van der Waals surface area contributed by atoms with Crippen LogP contribution in [0.1, 0.15) is 0 Å². The van der Waals surface area contributed by atoms with Crippen LogP contribution in [0.3, 0.4) is 0 Å². The average Bonchev–Trinajstić information content (AvgIpc) is 2.56. The number of halogens is 1. The third-order valence-electron chi connectivity index (χ3n) is 2.05. The molecule has 0 aliphatic heterocycles. The van der Waals surface area contributed by atoms with Crippen molar-refractivity contribution in [2.75, 3.05) is 0 Å². The van der Waals surface area contributed by atoms with E-state index >= 15 is 0 Å². The van der Waals surface area contributed by atoms with Crippen LogP contribution < -0.4 is 4.43 Å². The van der Waals surface area contributed by atoms with Crippen molar-refractivity contribution in [3.63, 3.8) is 0 Å². The molecule has 1 N–H and O–H groups in total. The first-order valence-corrected chi connectivity index (χ1v) is 8.70. The highest BCUT2D eigenvalue weighted by atomic mass is 35.5. The van der Waals surface area contributed by atoms with Crippen molar-refractivity contribution in [1.82, 2.24) is 4.98 Å². The van der Waals surface area contributed by atoms with Crippen LogP contribution in [-0.4, -0.2) is 13.3 Å². The van der Waals surface area contributed by atoms with Gasteiger partial charge in [0.25, 0.3) is 0 Å². The van der Waals surface area contributed by atoms with Crippen LogP contribution in [0.4, 0.5) is 0 Å². The summed E-state index contributed by atoms with van der Waals surface area (Å²) in [5.41, 5.74) is 1.04. The first-order valence-electron chi connectivity index (χ1n) is 4.92. The Hall–Kier alpha value is -0.933. The number of benzene rings is 1. The maximum atomic E-state index is 6.27. The van der Waals surface area contributed by atoms with E-state index in [1.807, 2.05) is 24.4 Å². The fraction of sp³-hybridized carbons (Fsp3) is 0.273. The Labute approximate surface area is 95.3 Å². The lowest BCUT2D eigenvalue weighted by atomic mass is 10.2. The van der Waals surface area contributed by atoms with E-state index in [1.54, 1.807) is 0 Å². The van der Waals surface area contributed by atoms with Crippen LogP contribution in [0.2, 0.25) is 24.7 Å². The quantitative estimate of drug-likeness (QED) is 0.787. The molecule has 15 heavy (non-hydrogen) atoms. The van der Waals surface area contributed by atoms with Crippen molar-refractivity contribution < 1.29 is 4.43 Å². The molecule has 1 aromatic carbocycles. The summed E-state index contributed by atoms with van der Waals surface area (Å²) in [6, 6.07) is 5.89. The van der Waals surface area contributed by atoms with Crippen molar-refractivity contribution >= 4 is 30.8 Å². The van der Waals surface area contributed by atoms with Gasteiger partial charge in [-0.1, -0.05) is 11.6 Å². The standard InChI is InChI=1S/C11H14ClNOSi/c1-15(2,3)14-10-5-4-9-8(11(10)12)6-7-13-9/h4-7,13H,1-3H3. The predicted octanol–water partition coefficient (Wildman–Crippen LogP) is 4.04. The molecule has 1 heterocycles. The number of hydrogen-bond donors (Lipinski definition) is 1. The Morgan fingerprint density at radius 3 is 2.60 bits per heavy atom. The van der Waals surface area contributed by atoms with Gasteiger partial charge >= 0.3 is 0 Å². The summed E-state index contributed by atoms with van der Waals surface area (Å²) in [5.74, 6) is 0.794. The number of aromatic nitrogens is 1. The lowest BCUT2D eigenvalue weighted by Crippen LogP contribution is -2.29. The van der Waals surface area contributed by atoms with Crippen molar-refractivity contribution in [3.05, 3.63) is 29.4 Å². The minimum absolute atomic E-state index is 0.705. The van der Waals surface area contributed by atoms with Crippen LogP contribution in [-0.2, 0) is 0 Å². The zero-order valence-electron chi connectivity index (χ0n) is 9.10. The Balaban J connectivity index is 2.48. The molecule has 2 aromatic rings.